The molecule has 1 aliphatic carbocycles. The molecule has 19 heavy (non-hydrogen) atoms. The molecule has 102 valence electrons. The molecule has 1 N–H and O–H groups in total. The monoisotopic (exact) mass is 265 g/mol. The first-order chi connectivity index (χ1) is 9.13. The van der Waals surface area contributed by atoms with Crippen molar-refractivity contribution in [3.63, 3.8) is 0 Å². The molecular weight excluding hydrogens is 250 g/mol. The smallest absolute Gasteiger partial charge is 0.319 e. The maximum Gasteiger partial charge on any atom is 0.319 e. The maximum atomic E-state index is 12.3. The van der Waals surface area contributed by atoms with Crippen LogP contribution in [0.4, 0.5) is 0 Å². The van der Waals surface area contributed by atoms with Gasteiger partial charge in [0.1, 0.15) is 17.3 Å². The molecule has 0 unspecified atom stereocenters. The van der Waals surface area contributed by atoms with Crippen molar-refractivity contribution in [3.05, 3.63) is 24.2 Å². The minimum atomic E-state index is -1.18. The molecule has 2 heterocycles. The Bertz CT molecular complexity index is 491. The molecule has 1 atom stereocenters. The van der Waals surface area contributed by atoms with E-state index in [0.29, 0.717) is 38.3 Å². The van der Waals surface area contributed by atoms with E-state index in [1.165, 1.54) is 0 Å². The third kappa shape index (κ3) is 2.02. The molecule has 1 aliphatic heterocycles. The lowest BCUT2D eigenvalue weighted by Gasteiger charge is -2.33. The number of nitrogens with zero attached hydrogens (tertiary/aromatic N) is 1. The summed E-state index contributed by atoms with van der Waals surface area (Å²) in [6.45, 7) is 1.18. The van der Waals surface area contributed by atoms with E-state index in [1.807, 2.05) is 0 Å². The molecular formula is C13H15NO5. The van der Waals surface area contributed by atoms with Gasteiger partial charge in [-0.3, -0.25) is 9.59 Å². The van der Waals surface area contributed by atoms with E-state index in [9.17, 15) is 9.59 Å². The highest BCUT2D eigenvalue weighted by molar-refractivity contribution is 6.04. The van der Waals surface area contributed by atoms with Gasteiger partial charge in [-0.1, -0.05) is 0 Å². The van der Waals surface area contributed by atoms with Crippen molar-refractivity contribution in [2.45, 2.75) is 18.9 Å². The fourth-order valence-corrected chi connectivity index (χ4v) is 2.43. The fourth-order valence-electron chi connectivity index (χ4n) is 2.43. The molecule has 1 saturated carbocycles. The van der Waals surface area contributed by atoms with Crippen LogP contribution in [0.5, 0.6) is 0 Å². The Morgan fingerprint density at radius 2 is 2.21 bits per heavy atom. The van der Waals surface area contributed by atoms with Crippen LogP contribution in [0.3, 0.4) is 0 Å². The first kappa shape index (κ1) is 12.2. The van der Waals surface area contributed by atoms with Crippen molar-refractivity contribution >= 4 is 11.9 Å². The standard InChI is InChI=1S/C13H15NO5/c15-11(13(3-4-13)12(16)17)14-5-7-19-10(8-14)9-2-1-6-18-9/h1-2,6,10H,3-5,7-8H2,(H,16,17)/t10-/m0/s1. The Morgan fingerprint density at radius 1 is 1.42 bits per heavy atom. The summed E-state index contributed by atoms with van der Waals surface area (Å²) in [6.07, 6.45) is 2.12. The van der Waals surface area contributed by atoms with Gasteiger partial charge in [0.05, 0.1) is 19.4 Å². The predicted octanol–water partition coefficient (Wildman–Crippen LogP) is 1.04. The molecule has 2 aliphatic rings. The quantitative estimate of drug-likeness (QED) is 0.826. The van der Waals surface area contributed by atoms with Crippen molar-refractivity contribution in [2.24, 2.45) is 5.41 Å². The molecule has 3 rings (SSSR count). The average Bonchev–Trinajstić information content (AvgIpc) is 3.06. The molecule has 1 amide bonds. The highest BCUT2D eigenvalue weighted by Crippen LogP contribution is 2.48. The number of ether oxygens (including phenoxy) is 1. The van der Waals surface area contributed by atoms with Gasteiger partial charge in [-0.15, -0.1) is 0 Å². The van der Waals surface area contributed by atoms with E-state index in [1.54, 1.807) is 23.3 Å². The Kier molecular flexibility index (Phi) is 2.82. The third-order valence-electron chi connectivity index (χ3n) is 3.78. The molecule has 2 fully saturated rings. The zero-order valence-corrected chi connectivity index (χ0v) is 10.4. The second-order valence-corrected chi connectivity index (χ2v) is 5.01. The number of morpholine rings is 1. The number of furan rings is 1. The second-order valence-electron chi connectivity index (χ2n) is 5.01. The summed E-state index contributed by atoms with van der Waals surface area (Å²) in [5, 5.41) is 9.16. The number of amides is 1. The number of aliphatic carboxylic acids is 1. The Morgan fingerprint density at radius 3 is 2.79 bits per heavy atom. The van der Waals surface area contributed by atoms with Crippen LogP contribution in [-0.4, -0.2) is 41.6 Å². The Labute approximate surface area is 109 Å². The van der Waals surface area contributed by atoms with E-state index in [0.717, 1.165) is 0 Å². The van der Waals surface area contributed by atoms with E-state index < -0.39 is 11.4 Å². The van der Waals surface area contributed by atoms with E-state index in [4.69, 9.17) is 14.3 Å². The van der Waals surface area contributed by atoms with E-state index >= 15 is 0 Å². The number of rotatable bonds is 3. The number of hydrogen-bond acceptors (Lipinski definition) is 4. The second kappa shape index (κ2) is 4.38. The third-order valence-corrected chi connectivity index (χ3v) is 3.78. The average molecular weight is 265 g/mol. The van der Waals surface area contributed by atoms with Gasteiger partial charge in [0, 0.05) is 6.54 Å². The minimum absolute atomic E-state index is 0.292. The van der Waals surface area contributed by atoms with Gasteiger partial charge in [-0.05, 0) is 25.0 Å². The van der Waals surface area contributed by atoms with E-state index in [2.05, 4.69) is 0 Å². The van der Waals surface area contributed by atoms with Gasteiger partial charge in [0.15, 0.2) is 0 Å². The maximum absolute atomic E-state index is 12.3. The number of carboxylic acids is 1. The Hall–Kier alpha value is -1.82. The molecule has 0 aromatic carbocycles. The number of carbonyl (C=O) groups excluding carboxylic acids is 1. The summed E-state index contributed by atoms with van der Waals surface area (Å²) >= 11 is 0. The van der Waals surface area contributed by atoms with Crippen molar-refractivity contribution in [3.8, 4) is 0 Å². The van der Waals surface area contributed by atoms with Gasteiger partial charge in [0.2, 0.25) is 5.91 Å². The normalized spacial score (nSPS) is 25.1. The lowest BCUT2D eigenvalue weighted by molar-refractivity contribution is -0.157. The fraction of sp³-hybridized carbons (Fsp3) is 0.538. The SMILES string of the molecule is O=C(O)C1(C(=O)N2CCO[C@H](c3ccco3)C2)CC1. The molecule has 0 radical (unpaired) electrons. The number of hydrogen-bond donors (Lipinski definition) is 1. The predicted molar refractivity (Wildman–Crippen MR) is 63.3 cm³/mol. The van der Waals surface area contributed by atoms with Gasteiger partial charge < -0.3 is 19.2 Å². The largest absolute Gasteiger partial charge is 0.480 e. The Balaban J connectivity index is 1.72. The number of carboxylic acid groups (broad SMARTS) is 1. The van der Waals surface area contributed by atoms with Gasteiger partial charge in [0.25, 0.3) is 0 Å². The molecule has 1 saturated heterocycles. The van der Waals surface area contributed by atoms with E-state index in [-0.39, 0.29) is 12.0 Å². The van der Waals surface area contributed by atoms with Crippen molar-refractivity contribution in [1.29, 1.82) is 0 Å². The van der Waals surface area contributed by atoms with Gasteiger partial charge >= 0.3 is 5.97 Å². The lowest BCUT2D eigenvalue weighted by Crippen LogP contribution is -2.47. The number of carbonyl (C=O) groups is 2. The van der Waals surface area contributed by atoms with Crippen LogP contribution in [0.2, 0.25) is 0 Å². The summed E-state index contributed by atoms with van der Waals surface area (Å²) in [5.41, 5.74) is -1.18. The van der Waals surface area contributed by atoms with Crippen LogP contribution < -0.4 is 0 Å². The van der Waals surface area contributed by atoms with Crippen molar-refractivity contribution in [2.75, 3.05) is 19.7 Å². The zero-order chi connectivity index (χ0) is 13.5. The molecule has 6 heteroatoms. The van der Waals surface area contributed by atoms with Crippen molar-refractivity contribution < 1.29 is 23.8 Å². The summed E-state index contributed by atoms with van der Waals surface area (Å²) in [7, 11) is 0. The van der Waals surface area contributed by atoms with Crippen molar-refractivity contribution in [1.82, 2.24) is 4.90 Å². The topological polar surface area (TPSA) is 80.0 Å². The first-order valence-electron chi connectivity index (χ1n) is 6.31. The highest BCUT2D eigenvalue weighted by atomic mass is 16.5. The molecule has 6 nitrogen and oxygen atoms in total. The lowest BCUT2D eigenvalue weighted by atomic mass is 10.0. The van der Waals surface area contributed by atoms with Crippen LogP contribution >= 0.6 is 0 Å². The summed E-state index contributed by atoms with van der Waals surface area (Å²) in [4.78, 5) is 25.1. The summed E-state index contributed by atoms with van der Waals surface area (Å²) in [6, 6.07) is 3.56. The van der Waals surface area contributed by atoms with Gasteiger partial charge in [-0.25, -0.2) is 0 Å². The molecule has 0 spiro atoms. The van der Waals surface area contributed by atoms with Crippen LogP contribution in [0.15, 0.2) is 22.8 Å². The van der Waals surface area contributed by atoms with Crippen LogP contribution in [0, 0.1) is 5.41 Å². The van der Waals surface area contributed by atoms with Crippen LogP contribution in [0.25, 0.3) is 0 Å². The summed E-state index contributed by atoms with van der Waals surface area (Å²) in [5.74, 6) is -0.643. The van der Waals surface area contributed by atoms with Crippen LogP contribution in [0.1, 0.15) is 24.7 Å². The molecule has 0 bridgehead atoms. The highest BCUT2D eigenvalue weighted by Gasteiger charge is 2.58. The minimum Gasteiger partial charge on any atom is -0.480 e. The molecule has 1 aromatic heterocycles. The van der Waals surface area contributed by atoms with Gasteiger partial charge in [-0.2, -0.15) is 0 Å². The first-order valence-corrected chi connectivity index (χ1v) is 6.31. The van der Waals surface area contributed by atoms with Crippen LogP contribution in [-0.2, 0) is 14.3 Å². The summed E-state index contributed by atoms with van der Waals surface area (Å²) < 4.78 is 10.8. The zero-order valence-electron chi connectivity index (χ0n) is 10.4. The molecule has 1 aromatic rings.